The number of aryl methyl sites for hydroxylation is 1. The van der Waals surface area contributed by atoms with Gasteiger partial charge in [-0.2, -0.15) is 4.98 Å². The highest BCUT2D eigenvalue weighted by Crippen LogP contribution is 2.30. The lowest BCUT2D eigenvalue weighted by molar-refractivity contribution is 0.0284. The van der Waals surface area contributed by atoms with Gasteiger partial charge >= 0.3 is 6.09 Å². The molecule has 0 spiro atoms. The number of nitrogens with zero attached hydrogens (tertiary/aromatic N) is 4. The number of carbonyl (C=O) groups is 1. The maximum absolute atomic E-state index is 12.3. The molecule has 1 fully saturated rings. The molecule has 0 aromatic carbocycles. The first kappa shape index (κ1) is 23.4. The molecule has 10 heteroatoms. The van der Waals surface area contributed by atoms with Gasteiger partial charge in [-0.15, -0.1) is 0 Å². The Hall–Kier alpha value is -3.30. The van der Waals surface area contributed by atoms with E-state index in [2.05, 4.69) is 25.6 Å². The second-order valence-electron chi connectivity index (χ2n) is 8.72. The highest BCUT2D eigenvalue weighted by molar-refractivity contribution is 5.68. The molecular weight excluding hydrogens is 412 g/mol. The van der Waals surface area contributed by atoms with Gasteiger partial charge in [0.2, 0.25) is 5.95 Å². The number of methoxy groups -OCH3 is 1. The van der Waals surface area contributed by atoms with Crippen molar-refractivity contribution in [3.05, 3.63) is 24.0 Å². The zero-order valence-electron chi connectivity index (χ0n) is 19.6. The fraction of sp³-hybridized carbons (Fsp3) is 0.545. The van der Waals surface area contributed by atoms with E-state index in [4.69, 9.17) is 14.2 Å². The molecule has 0 saturated carbocycles. The van der Waals surface area contributed by atoms with Crippen molar-refractivity contribution in [3.8, 4) is 11.6 Å². The second-order valence-corrected chi connectivity index (χ2v) is 8.72. The summed E-state index contributed by atoms with van der Waals surface area (Å²) in [7, 11) is 3.35. The number of hydrogen-bond donors (Lipinski definition) is 2. The summed E-state index contributed by atoms with van der Waals surface area (Å²) in [6.07, 6.45) is 2.19. The Balaban J connectivity index is 1.63. The highest BCUT2D eigenvalue weighted by atomic mass is 16.6. The van der Waals surface area contributed by atoms with Crippen LogP contribution in [0.15, 0.2) is 18.3 Å². The first-order chi connectivity index (χ1) is 15.2. The average Bonchev–Trinajstić information content (AvgIpc) is 3.20. The van der Waals surface area contributed by atoms with Gasteiger partial charge in [0.1, 0.15) is 11.4 Å². The smallest absolute Gasteiger partial charge is 0.410 e. The molecule has 3 rings (SSSR count). The number of nitrogens with one attached hydrogen (secondary N) is 2. The van der Waals surface area contributed by atoms with E-state index in [1.807, 2.05) is 33.8 Å². The lowest BCUT2D eigenvalue weighted by atomic mass is 10.1. The van der Waals surface area contributed by atoms with Gasteiger partial charge in [0.05, 0.1) is 25.6 Å². The van der Waals surface area contributed by atoms with Crippen LogP contribution in [-0.4, -0.2) is 65.4 Å². The van der Waals surface area contributed by atoms with Gasteiger partial charge in [0, 0.05) is 43.9 Å². The minimum Gasteiger partial charge on any atom is -0.488 e. The van der Waals surface area contributed by atoms with Gasteiger partial charge in [0.15, 0.2) is 5.75 Å². The standard InChI is InChI=1S/C22H32N6O4/c1-14-9-18(23-5)27-20(25-14)26-16-10-17(19(30-6)24-11-16)31-13-15-7-8-28(12-15)21(29)32-22(2,3)4/h9-11,15H,7-8,12-13H2,1-6H3,(H2,23,25,26,27)/t15-/m1/s1. The van der Waals surface area contributed by atoms with Crippen molar-refractivity contribution in [1.29, 1.82) is 0 Å². The number of carbonyl (C=O) groups excluding carboxylic acids is 1. The molecule has 10 nitrogen and oxygen atoms in total. The molecule has 174 valence electrons. The second kappa shape index (κ2) is 9.88. The number of rotatable bonds is 7. The van der Waals surface area contributed by atoms with Crippen molar-refractivity contribution in [2.45, 2.75) is 39.7 Å². The van der Waals surface area contributed by atoms with Crippen LogP contribution >= 0.6 is 0 Å². The van der Waals surface area contributed by atoms with Crippen LogP contribution in [-0.2, 0) is 4.74 Å². The Morgan fingerprint density at radius 3 is 2.75 bits per heavy atom. The lowest BCUT2D eigenvalue weighted by Crippen LogP contribution is -2.35. The predicted molar refractivity (Wildman–Crippen MR) is 122 cm³/mol. The minimum absolute atomic E-state index is 0.196. The van der Waals surface area contributed by atoms with Crippen molar-refractivity contribution in [1.82, 2.24) is 19.9 Å². The van der Waals surface area contributed by atoms with E-state index in [9.17, 15) is 4.79 Å². The number of pyridine rings is 1. The Morgan fingerprint density at radius 1 is 1.28 bits per heavy atom. The molecule has 0 radical (unpaired) electrons. The number of amides is 1. The van der Waals surface area contributed by atoms with Crippen molar-refractivity contribution in [3.63, 3.8) is 0 Å². The van der Waals surface area contributed by atoms with Crippen LogP contribution in [0.2, 0.25) is 0 Å². The quantitative estimate of drug-likeness (QED) is 0.661. The Morgan fingerprint density at radius 2 is 2.06 bits per heavy atom. The fourth-order valence-corrected chi connectivity index (χ4v) is 3.31. The van der Waals surface area contributed by atoms with Gasteiger partial charge in [-0.25, -0.2) is 14.8 Å². The van der Waals surface area contributed by atoms with Gasteiger partial charge in [-0.1, -0.05) is 0 Å². The maximum atomic E-state index is 12.3. The molecule has 32 heavy (non-hydrogen) atoms. The van der Waals surface area contributed by atoms with Crippen LogP contribution in [0.4, 0.5) is 22.2 Å². The fourth-order valence-electron chi connectivity index (χ4n) is 3.31. The summed E-state index contributed by atoms with van der Waals surface area (Å²) in [5, 5.41) is 6.16. The number of hydrogen-bond acceptors (Lipinski definition) is 9. The highest BCUT2D eigenvalue weighted by Gasteiger charge is 2.30. The zero-order chi connectivity index (χ0) is 23.3. The predicted octanol–water partition coefficient (Wildman–Crippen LogP) is 3.61. The van der Waals surface area contributed by atoms with Gasteiger partial charge in [-0.05, 0) is 34.1 Å². The van der Waals surface area contributed by atoms with E-state index in [0.717, 1.165) is 12.1 Å². The Kier molecular flexibility index (Phi) is 7.22. The molecule has 0 aliphatic carbocycles. The summed E-state index contributed by atoms with van der Waals surface area (Å²) in [6, 6.07) is 3.66. The van der Waals surface area contributed by atoms with Crippen molar-refractivity contribution in [2.24, 2.45) is 5.92 Å². The summed E-state index contributed by atoms with van der Waals surface area (Å²) in [5.74, 6) is 2.26. The maximum Gasteiger partial charge on any atom is 0.410 e. The molecule has 2 N–H and O–H groups in total. The van der Waals surface area contributed by atoms with E-state index in [1.165, 1.54) is 0 Å². The van der Waals surface area contributed by atoms with Crippen LogP contribution in [0.3, 0.4) is 0 Å². The van der Waals surface area contributed by atoms with Crippen molar-refractivity contribution >= 4 is 23.5 Å². The number of likely N-dealkylation sites (tertiary alicyclic amines) is 1. The first-order valence-corrected chi connectivity index (χ1v) is 10.6. The largest absolute Gasteiger partial charge is 0.488 e. The van der Waals surface area contributed by atoms with Gasteiger partial charge in [-0.3, -0.25) is 0 Å². The van der Waals surface area contributed by atoms with Crippen LogP contribution < -0.4 is 20.1 Å². The van der Waals surface area contributed by atoms with E-state index in [1.54, 1.807) is 31.3 Å². The summed E-state index contributed by atoms with van der Waals surface area (Å²) in [6.45, 7) is 9.17. The van der Waals surface area contributed by atoms with E-state index in [0.29, 0.717) is 48.8 Å². The SMILES string of the molecule is CNc1cc(C)nc(Nc2cnc(OC)c(OC[C@@H]3CCN(C(=O)OC(C)(C)C)C3)c2)n1. The van der Waals surface area contributed by atoms with Crippen molar-refractivity contribution < 1.29 is 19.0 Å². The van der Waals surface area contributed by atoms with Crippen LogP contribution in [0, 0.1) is 12.8 Å². The molecule has 1 aliphatic heterocycles. The summed E-state index contributed by atoms with van der Waals surface area (Å²) in [5.41, 5.74) is 1.00. The molecule has 2 aromatic rings. The van der Waals surface area contributed by atoms with E-state index in [-0.39, 0.29) is 12.0 Å². The van der Waals surface area contributed by atoms with Gasteiger partial charge in [0.25, 0.3) is 5.88 Å². The van der Waals surface area contributed by atoms with E-state index >= 15 is 0 Å². The number of anilines is 3. The summed E-state index contributed by atoms with van der Waals surface area (Å²) >= 11 is 0. The number of ether oxygens (including phenoxy) is 3. The summed E-state index contributed by atoms with van der Waals surface area (Å²) < 4.78 is 16.8. The Bertz CT molecular complexity index is 947. The molecule has 0 bridgehead atoms. The van der Waals surface area contributed by atoms with Crippen LogP contribution in [0.5, 0.6) is 11.6 Å². The van der Waals surface area contributed by atoms with Crippen LogP contribution in [0.25, 0.3) is 0 Å². The molecule has 1 atom stereocenters. The van der Waals surface area contributed by atoms with Gasteiger partial charge < -0.3 is 29.7 Å². The van der Waals surface area contributed by atoms with Crippen molar-refractivity contribution in [2.75, 3.05) is 44.5 Å². The lowest BCUT2D eigenvalue weighted by Gasteiger charge is -2.24. The zero-order valence-corrected chi connectivity index (χ0v) is 19.6. The summed E-state index contributed by atoms with van der Waals surface area (Å²) in [4.78, 5) is 27.1. The third-order valence-corrected chi connectivity index (χ3v) is 4.79. The Labute approximate surface area is 188 Å². The molecular formula is C22H32N6O4. The molecule has 0 unspecified atom stereocenters. The molecule has 1 saturated heterocycles. The van der Waals surface area contributed by atoms with Crippen LogP contribution in [0.1, 0.15) is 32.9 Å². The molecule has 1 amide bonds. The topological polar surface area (TPSA) is 111 Å². The first-order valence-electron chi connectivity index (χ1n) is 10.6. The minimum atomic E-state index is -0.507. The number of aromatic nitrogens is 3. The third kappa shape index (κ3) is 6.35. The average molecular weight is 445 g/mol. The molecule has 2 aromatic heterocycles. The monoisotopic (exact) mass is 444 g/mol. The molecule has 3 heterocycles. The third-order valence-electron chi connectivity index (χ3n) is 4.79. The van der Waals surface area contributed by atoms with E-state index < -0.39 is 5.60 Å². The normalized spacial score (nSPS) is 15.9. The molecule has 1 aliphatic rings.